The number of ether oxygens (including phenoxy) is 4. The van der Waals surface area contributed by atoms with Crippen LogP contribution in [-0.2, 0) is 33.3 Å². The van der Waals surface area contributed by atoms with Crippen molar-refractivity contribution in [3.63, 3.8) is 0 Å². The first-order chi connectivity index (χ1) is 21.3. The van der Waals surface area contributed by atoms with Crippen LogP contribution in [0.25, 0.3) is 0 Å². The molecule has 242 valence electrons. The molecular weight excluding hydrogens is 578 g/mol. The molecule has 1 aliphatic heterocycles. The van der Waals surface area contributed by atoms with Crippen LogP contribution in [0.1, 0.15) is 30.9 Å². The van der Waals surface area contributed by atoms with Crippen LogP contribution >= 0.6 is 0 Å². The first-order valence-corrected chi connectivity index (χ1v) is 14.6. The summed E-state index contributed by atoms with van der Waals surface area (Å²) in [4.78, 5) is 64.6. The third kappa shape index (κ3) is 10.7. The van der Waals surface area contributed by atoms with Gasteiger partial charge in [-0.15, -0.1) is 0 Å². The molecule has 0 aliphatic carbocycles. The molecule has 2 heterocycles. The molecule has 1 aromatic heterocycles. The van der Waals surface area contributed by atoms with Gasteiger partial charge in [-0.1, -0.05) is 6.07 Å². The summed E-state index contributed by atoms with van der Waals surface area (Å²) >= 11 is 0. The Labute approximate surface area is 254 Å². The van der Waals surface area contributed by atoms with Gasteiger partial charge in [0.2, 0.25) is 11.8 Å². The average molecular weight is 620 g/mol. The van der Waals surface area contributed by atoms with E-state index in [4.69, 9.17) is 24.1 Å². The summed E-state index contributed by atoms with van der Waals surface area (Å²) in [6.07, 6.45) is 3.81. The number of carbonyl (C=O) groups excluding carboxylic acids is 2. The van der Waals surface area contributed by atoms with Gasteiger partial charge < -0.3 is 44.9 Å². The molecule has 15 heteroatoms. The number of nitrogens with one attached hydrogen (secondary N) is 3. The average Bonchev–Trinajstić information content (AvgIpc) is 3.32. The largest absolute Gasteiger partial charge is 0.481 e. The Morgan fingerprint density at radius 1 is 0.886 bits per heavy atom. The smallest absolute Gasteiger partial charge is 0.303 e. The highest BCUT2D eigenvalue weighted by atomic mass is 16.6. The second-order valence-corrected chi connectivity index (χ2v) is 10.0. The van der Waals surface area contributed by atoms with Crippen molar-refractivity contribution < 1.29 is 38.4 Å². The Morgan fingerprint density at radius 3 is 2.02 bits per heavy atom. The van der Waals surface area contributed by atoms with Gasteiger partial charge >= 0.3 is 5.97 Å². The van der Waals surface area contributed by atoms with E-state index in [1.807, 2.05) is 6.07 Å². The lowest BCUT2D eigenvalue weighted by molar-refractivity contribution is -0.137. The summed E-state index contributed by atoms with van der Waals surface area (Å²) in [6.45, 7) is 3.75. The Bertz CT molecular complexity index is 1270. The first-order valence-electron chi connectivity index (χ1n) is 14.6. The van der Waals surface area contributed by atoms with Gasteiger partial charge in [0, 0.05) is 51.9 Å². The number of hydrogen-bond donors (Lipinski definition) is 4. The summed E-state index contributed by atoms with van der Waals surface area (Å²) in [5, 5.41) is 17.2. The number of amides is 2. The molecule has 2 aromatic rings. The zero-order valence-electron chi connectivity index (χ0n) is 24.9. The number of hydrogen-bond acceptors (Lipinski definition) is 12. The summed E-state index contributed by atoms with van der Waals surface area (Å²) in [6, 6.07) is 3.31. The van der Waals surface area contributed by atoms with E-state index in [1.54, 1.807) is 30.4 Å². The molecular formula is C29H41N5O10. The van der Waals surface area contributed by atoms with Gasteiger partial charge in [0.1, 0.15) is 11.4 Å². The van der Waals surface area contributed by atoms with Gasteiger partial charge in [0.05, 0.1) is 64.8 Å². The molecule has 15 nitrogen and oxygen atoms in total. The van der Waals surface area contributed by atoms with Gasteiger partial charge in [0.25, 0.3) is 10.9 Å². The first kappa shape index (κ1) is 34.6. The number of rotatable bonds is 23. The van der Waals surface area contributed by atoms with E-state index in [-0.39, 0.29) is 48.6 Å². The van der Waals surface area contributed by atoms with Crippen molar-refractivity contribution in [1.82, 2.24) is 15.2 Å². The minimum Gasteiger partial charge on any atom is -0.481 e. The van der Waals surface area contributed by atoms with Crippen molar-refractivity contribution >= 4 is 29.2 Å². The number of pyridine rings is 1. The number of aromatic nitrogens is 1. The van der Waals surface area contributed by atoms with Gasteiger partial charge in [-0.2, -0.15) is 0 Å². The molecule has 0 spiro atoms. The molecule has 1 aromatic carbocycles. The topological polar surface area (TPSA) is 195 Å². The molecule has 2 atom stereocenters. The fraction of sp³-hybridized carbons (Fsp3) is 0.586. The normalized spacial score (nSPS) is 16.4. The predicted octanol–water partition coefficient (Wildman–Crippen LogP) is -0.232. The number of anilines is 2. The number of carboxylic acids is 1. The van der Waals surface area contributed by atoms with Crippen LogP contribution in [0.3, 0.4) is 0 Å². The number of carbonyl (C=O) groups is 3. The molecule has 1 aliphatic rings. The molecule has 1 saturated heterocycles. The van der Waals surface area contributed by atoms with E-state index < -0.39 is 22.7 Å². The molecule has 3 rings (SSSR count). The maximum absolute atomic E-state index is 12.7. The van der Waals surface area contributed by atoms with Crippen LogP contribution < -0.4 is 26.8 Å². The van der Waals surface area contributed by atoms with Crippen molar-refractivity contribution in [2.24, 2.45) is 5.92 Å². The zero-order chi connectivity index (χ0) is 31.7. The molecule has 4 N–H and O–H groups in total. The van der Waals surface area contributed by atoms with E-state index in [9.17, 15) is 24.0 Å². The number of carboxylic acid groups (broad SMARTS) is 1. The Balaban J connectivity index is 1.12. The fourth-order valence-electron chi connectivity index (χ4n) is 4.68. The van der Waals surface area contributed by atoms with Gasteiger partial charge in [-0.3, -0.25) is 29.0 Å². The second-order valence-electron chi connectivity index (χ2n) is 10.0. The zero-order valence-corrected chi connectivity index (χ0v) is 24.9. The van der Waals surface area contributed by atoms with Crippen molar-refractivity contribution in [2.45, 2.75) is 25.3 Å². The summed E-state index contributed by atoms with van der Waals surface area (Å²) < 4.78 is 21.8. The third-order valence-corrected chi connectivity index (χ3v) is 6.94. The summed E-state index contributed by atoms with van der Waals surface area (Å²) in [7, 11) is 1.70. The number of nitrogens with zero attached hydrogens (tertiary/aromatic N) is 2. The summed E-state index contributed by atoms with van der Waals surface area (Å²) in [5.74, 6) is -1.67. The molecule has 0 radical (unpaired) electrons. The highest BCUT2D eigenvalue weighted by Gasteiger charge is 2.42. The Kier molecular flexibility index (Phi) is 14.7. The van der Waals surface area contributed by atoms with Gasteiger partial charge in [-0.05, 0) is 18.1 Å². The van der Waals surface area contributed by atoms with Crippen LogP contribution in [0.2, 0.25) is 0 Å². The Hall–Kier alpha value is -3.92. The summed E-state index contributed by atoms with van der Waals surface area (Å²) in [5.41, 5.74) is -0.00991. The lowest BCUT2D eigenvalue weighted by Gasteiger charge is -2.24. The van der Waals surface area contributed by atoms with Crippen molar-refractivity contribution in [2.75, 3.05) is 90.2 Å². The lowest BCUT2D eigenvalue weighted by atomic mass is 9.94. The van der Waals surface area contributed by atoms with Crippen molar-refractivity contribution in [1.29, 1.82) is 0 Å². The highest BCUT2D eigenvalue weighted by Crippen LogP contribution is 2.36. The quantitative estimate of drug-likeness (QED) is 0.0942. The van der Waals surface area contributed by atoms with Crippen molar-refractivity contribution in [3.05, 3.63) is 50.5 Å². The Morgan fingerprint density at radius 2 is 1.45 bits per heavy atom. The molecule has 0 saturated carbocycles. The van der Waals surface area contributed by atoms with E-state index in [0.29, 0.717) is 72.4 Å². The van der Waals surface area contributed by atoms with Crippen molar-refractivity contribution in [3.8, 4) is 0 Å². The monoisotopic (exact) mass is 619 g/mol. The third-order valence-electron chi connectivity index (χ3n) is 6.94. The second kappa shape index (κ2) is 18.7. The van der Waals surface area contributed by atoms with E-state index >= 15 is 0 Å². The lowest BCUT2D eigenvalue weighted by Crippen LogP contribution is -2.38. The minimum atomic E-state index is -0.921. The van der Waals surface area contributed by atoms with E-state index in [2.05, 4.69) is 20.9 Å². The number of likely N-dealkylation sites (tertiary alicyclic amines) is 1. The predicted molar refractivity (Wildman–Crippen MR) is 159 cm³/mol. The van der Waals surface area contributed by atoms with Crippen LogP contribution in [-0.4, -0.2) is 112 Å². The van der Waals surface area contributed by atoms with Crippen LogP contribution in [0.5, 0.6) is 0 Å². The van der Waals surface area contributed by atoms with E-state index in [0.717, 1.165) is 5.56 Å². The maximum atomic E-state index is 12.7. The maximum Gasteiger partial charge on any atom is 0.303 e. The molecule has 0 bridgehead atoms. The van der Waals surface area contributed by atoms with Crippen LogP contribution in [0, 0.1) is 5.92 Å². The molecule has 44 heavy (non-hydrogen) atoms. The van der Waals surface area contributed by atoms with Crippen LogP contribution in [0.4, 0.5) is 11.4 Å². The van der Waals surface area contributed by atoms with Crippen LogP contribution in [0.15, 0.2) is 34.1 Å². The SMILES string of the molecule is CN1C(=O)C[C@H](C(=O)NCCOCCOCCOCCOCCNc2c(NCCCC(=O)O)c(=O)c2=O)[C@H]1c1cccnc1. The molecule has 2 amide bonds. The standard InChI is InChI=1S/C29H41N5O10/c1-34-22(35)18-21(26(34)20-4-2-6-30-19-20)29(40)33-9-11-42-13-15-44-17-16-43-14-12-41-10-8-32-25-24(27(38)28(25)39)31-7-3-5-23(36)37/h2,4,6,19,21,26,31-32H,3,5,7-18H2,1H3,(H,33,40)(H,36,37)/t21-,26+/m0/s1. The fourth-order valence-corrected chi connectivity index (χ4v) is 4.68. The highest BCUT2D eigenvalue weighted by molar-refractivity contribution is 5.90. The van der Waals surface area contributed by atoms with E-state index in [1.165, 1.54) is 0 Å². The number of aliphatic carboxylic acids is 1. The van der Waals surface area contributed by atoms with Gasteiger partial charge in [0.15, 0.2) is 0 Å². The molecule has 1 fully saturated rings. The minimum absolute atomic E-state index is 0.0237. The van der Waals surface area contributed by atoms with Gasteiger partial charge in [-0.25, -0.2) is 0 Å². The molecule has 0 unspecified atom stereocenters.